The number of likely N-dealkylation sites (tertiary alicyclic amines) is 1. The summed E-state index contributed by atoms with van der Waals surface area (Å²) in [6.07, 6.45) is 3.84. The van der Waals surface area contributed by atoms with E-state index in [9.17, 15) is 4.79 Å². The first-order valence-electron chi connectivity index (χ1n) is 8.47. The van der Waals surface area contributed by atoms with Crippen LogP contribution in [0.4, 0.5) is 5.82 Å². The summed E-state index contributed by atoms with van der Waals surface area (Å²) < 4.78 is 0. The zero-order chi connectivity index (χ0) is 17.1. The SMILES string of the molecule is Cc1csc(C2CCCN(C(=O)c3cccnc3NC(C)C)C2)n1. The molecule has 0 aromatic carbocycles. The van der Waals surface area contributed by atoms with Crippen LogP contribution < -0.4 is 5.32 Å². The number of nitrogens with zero attached hydrogens (tertiary/aromatic N) is 3. The van der Waals surface area contributed by atoms with Gasteiger partial charge in [0.25, 0.3) is 5.91 Å². The largest absolute Gasteiger partial charge is 0.367 e. The van der Waals surface area contributed by atoms with Crippen LogP contribution in [-0.2, 0) is 0 Å². The van der Waals surface area contributed by atoms with E-state index < -0.39 is 0 Å². The smallest absolute Gasteiger partial charge is 0.257 e. The van der Waals surface area contributed by atoms with Crippen molar-refractivity contribution in [3.8, 4) is 0 Å². The molecule has 128 valence electrons. The molecule has 0 radical (unpaired) electrons. The van der Waals surface area contributed by atoms with E-state index in [1.807, 2.05) is 37.8 Å². The maximum atomic E-state index is 13.0. The third kappa shape index (κ3) is 3.75. The van der Waals surface area contributed by atoms with Gasteiger partial charge in [-0.15, -0.1) is 11.3 Å². The highest BCUT2D eigenvalue weighted by Gasteiger charge is 2.28. The highest BCUT2D eigenvalue weighted by Crippen LogP contribution is 2.30. The molecule has 0 aliphatic carbocycles. The van der Waals surface area contributed by atoms with Crippen LogP contribution in [0, 0.1) is 6.92 Å². The number of carbonyl (C=O) groups is 1. The lowest BCUT2D eigenvalue weighted by molar-refractivity contribution is 0.0707. The van der Waals surface area contributed by atoms with Gasteiger partial charge in [0.05, 0.1) is 10.6 Å². The number of hydrogen-bond donors (Lipinski definition) is 1. The summed E-state index contributed by atoms with van der Waals surface area (Å²) in [6, 6.07) is 3.92. The Morgan fingerprint density at radius 3 is 3.00 bits per heavy atom. The minimum Gasteiger partial charge on any atom is -0.367 e. The van der Waals surface area contributed by atoms with E-state index >= 15 is 0 Å². The summed E-state index contributed by atoms with van der Waals surface area (Å²) >= 11 is 1.70. The number of piperidine rings is 1. The lowest BCUT2D eigenvalue weighted by Gasteiger charge is -2.32. The molecule has 5 nitrogen and oxygen atoms in total. The van der Waals surface area contributed by atoms with Crippen LogP contribution in [0.2, 0.25) is 0 Å². The van der Waals surface area contributed by atoms with Crippen molar-refractivity contribution in [1.82, 2.24) is 14.9 Å². The van der Waals surface area contributed by atoms with E-state index in [0.717, 1.165) is 36.6 Å². The summed E-state index contributed by atoms with van der Waals surface area (Å²) in [5, 5.41) is 6.51. The van der Waals surface area contributed by atoms with Crippen molar-refractivity contribution in [3.63, 3.8) is 0 Å². The number of aromatic nitrogens is 2. The van der Waals surface area contributed by atoms with Crippen LogP contribution in [0.1, 0.15) is 53.7 Å². The number of amides is 1. The molecule has 2 aromatic heterocycles. The molecule has 0 bridgehead atoms. The Morgan fingerprint density at radius 2 is 2.29 bits per heavy atom. The van der Waals surface area contributed by atoms with Gasteiger partial charge in [0, 0.05) is 42.3 Å². The van der Waals surface area contributed by atoms with Gasteiger partial charge < -0.3 is 10.2 Å². The fourth-order valence-corrected chi connectivity index (χ4v) is 3.99. The molecule has 0 spiro atoms. The van der Waals surface area contributed by atoms with E-state index in [1.165, 1.54) is 0 Å². The van der Waals surface area contributed by atoms with Gasteiger partial charge in [-0.05, 0) is 45.7 Å². The first-order chi connectivity index (χ1) is 11.5. The Hall–Kier alpha value is -1.95. The van der Waals surface area contributed by atoms with Crippen molar-refractivity contribution in [3.05, 3.63) is 40.0 Å². The van der Waals surface area contributed by atoms with Gasteiger partial charge in [-0.2, -0.15) is 0 Å². The van der Waals surface area contributed by atoms with Crippen molar-refractivity contribution in [2.45, 2.75) is 45.6 Å². The van der Waals surface area contributed by atoms with Gasteiger partial charge >= 0.3 is 0 Å². The zero-order valence-electron chi connectivity index (χ0n) is 14.5. The molecule has 1 aliphatic heterocycles. The molecular weight excluding hydrogens is 320 g/mol. The fourth-order valence-electron chi connectivity index (χ4n) is 3.06. The van der Waals surface area contributed by atoms with Crippen molar-refractivity contribution < 1.29 is 4.79 Å². The Bertz CT molecular complexity index is 713. The van der Waals surface area contributed by atoms with Crippen LogP contribution in [0.5, 0.6) is 0 Å². The first kappa shape index (κ1) is 16.9. The summed E-state index contributed by atoms with van der Waals surface area (Å²) in [5.74, 6) is 1.08. The molecule has 24 heavy (non-hydrogen) atoms. The van der Waals surface area contributed by atoms with Crippen LogP contribution >= 0.6 is 11.3 Å². The average Bonchev–Trinajstić information content (AvgIpc) is 3.01. The normalized spacial score (nSPS) is 18.0. The Kier molecular flexibility index (Phi) is 5.14. The van der Waals surface area contributed by atoms with Gasteiger partial charge in [0.2, 0.25) is 0 Å². The molecule has 1 amide bonds. The van der Waals surface area contributed by atoms with Crippen molar-refractivity contribution in [1.29, 1.82) is 0 Å². The number of aryl methyl sites for hydroxylation is 1. The minimum absolute atomic E-state index is 0.0595. The number of carbonyl (C=O) groups excluding carboxylic acids is 1. The second kappa shape index (κ2) is 7.30. The van der Waals surface area contributed by atoms with Crippen molar-refractivity contribution in [2.24, 2.45) is 0 Å². The molecule has 2 aromatic rings. The second-order valence-electron chi connectivity index (χ2n) is 6.62. The maximum Gasteiger partial charge on any atom is 0.257 e. The fraction of sp³-hybridized carbons (Fsp3) is 0.500. The quantitative estimate of drug-likeness (QED) is 0.919. The van der Waals surface area contributed by atoms with Gasteiger partial charge in [-0.3, -0.25) is 4.79 Å². The predicted molar refractivity (Wildman–Crippen MR) is 97.7 cm³/mol. The van der Waals surface area contributed by atoms with Crippen LogP contribution in [0.25, 0.3) is 0 Å². The molecule has 1 aliphatic rings. The summed E-state index contributed by atoms with van der Waals surface area (Å²) in [7, 11) is 0. The molecule has 6 heteroatoms. The average molecular weight is 344 g/mol. The topological polar surface area (TPSA) is 58.1 Å². The number of hydrogen-bond acceptors (Lipinski definition) is 5. The third-order valence-electron chi connectivity index (χ3n) is 4.16. The van der Waals surface area contributed by atoms with Crippen molar-refractivity contribution in [2.75, 3.05) is 18.4 Å². The number of thiazole rings is 1. The second-order valence-corrected chi connectivity index (χ2v) is 7.51. The molecule has 1 N–H and O–H groups in total. The van der Waals surface area contributed by atoms with E-state index in [2.05, 4.69) is 20.7 Å². The first-order valence-corrected chi connectivity index (χ1v) is 9.35. The number of rotatable bonds is 4. The molecule has 1 fully saturated rings. The van der Waals surface area contributed by atoms with Gasteiger partial charge in [0.1, 0.15) is 5.82 Å². The monoisotopic (exact) mass is 344 g/mol. The van der Waals surface area contributed by atoms with Crippen molar-refractivity contribution >= 4 is 23.1 Å². The Balaban J connectivity index is 1.77. The molecule has 1 atom stereocenters. The van der Waals surface area contributed by atoms with E-state index in [0.29, 0.717) is 17.3 Å². The number of anilines is 1. The lowest BCUT2D eigenvalue weighted by Crippen LogP contribution is -2.39. The third-order valence-corrected chi connectivity index (χ3v) is 5.28. The lowest BCUT2D eigenvalue weighted by atomic mass is 9.98. The van der Waals surface area contributed by atoms with E-state index in [-0.39, 0.29) is 11.9 Å². The minimum atomic E-state index is 0.0595. The molecule has 3 heterocycles. The molecule has 1 saturated heterocycles. The van der Waals surface area contributed by atoms with E-state index in [1.54, 1.807) is 17.5 Å². The standard InChI is InChI=1S/C18H24N4OS/c1-12(2)20-16-15(7-4-8-19-16)18(23)22-9-5-6-14(10-22)17-21-13(3)11-24-17/h4,7-8,11-12,14H,5-6,9-10H2,1-3H3,(H,19,20). The predicted octanol–water partition coefficient (Wildman–Crippen LogP) is 3.69. The maximum absolute atomic E-state index is 13.0. The number of pyridine rings is 1. The summed E-state index contributed by atoms with van der Waals surface area (Å²) in [6.45, 7) is 7.65. The number of nitrogens with one attached hydrogen (secondary N) is 1. The van der Waals surface area contributed by atoms with Crippen LogP contribution in [-0.4, -0.2) is 39.9 Å². The summed E-state index contributed by atoms with van der Waals surface area (Å²) in [4.78, 5) is 23.9. The molecule has 1 unspecified atom stereocenters. The summed E-state index contributed by atoms with van der Waals surface area (Å²) in [5.41, 5.74) is 1.72. The van der Waals surface area contributed by atoms with E-state index in [4.69, 9.17) is 0 Å². The molecule has 3 rings (SSSR count). The Morgan fingerprint density at radius 1 is 1.46 bits per heavy atom. The van der Waals surface area contributed by atoms with Gasteiger partial charge in [-0.25, -0.2) is 9.97 Å². The highest BCUT2D eigenvalue weighted by atomic mass is 32.1. The zero-order valence-corrected chi connectivity index (χ0v) is 15.3. The van der Waals surface area contributed by atoms with Gasteiger partial charge in [-0.1, -0.05) is 0 Å². The molecular formula is C18H24N4OS. The van der Waals surface area contributed by atoms with Gasteiger partial charge in [0.15, 0.2) is 0 Å². The van der Waals surface area contributed by atoms with Crippen LogP contribution in [0.15, 0.2) is 23.7 Å². The highest BCUT2D eigenvalue weighted by molar-refractivity contribution is 7.09. The Labute approximate surface area is 147 Å². The van der Waals surface area contributed by atoms with Crippen LogP contribution in [0.3, 0.4) is 0 Å². The molecule has 0 saturated carbocycles.